The van der Waals surface area contributed by atoms with E-state index in [0.717, 1.165) is 15.1 Å². The Labute approximate surface area is 119 Å². The molecule has 1 heterocycles. The van der Waals surface area contributed by atoms with Crippen LogP contribution in [0.15, 0.2) is 15.9 Å². The standard InChI is InChI=1S/C12H18BrNO3S/c1-9(10-3-4-11(13)18-10)12(16)14-5-2-7-17-8-6-15/h3-4,9,15H,2,5-8H2,1H3,(H,14,16). The maximum Gasteiger partial charge on any atom is 0.228 e. The summed E-state index contributed by atoms with van der Waals surface area (Å²) >= 11 is 4.97. The first-order valence-electron chi connectivity index (χ1n) is 5.86. The van der Waals surface area contributed by atoms with Gasteiger partial charge in [-0.15, -0.1) is 11.3 Å². The average Bonchev–Trinajstić information content (AvgIpc) is 2.79. The van der Waals surface area contributed by atoms with Crippen molar-refractivity contribution >= 4 is 33.2 Å². The third-order valence-corrected chi connectivity index (χ3v) is 4.22. The van der Waals surface area contributed by atoms with Crippen LogP contribution in [0.4, 0.5) is 0 Å². The molecule has 0 aliphatic heterocycles. The van der Waals surface area contributed by atoms with Crippen LogP contribution in [0.1, 0.15) is 24.1 Å². The molecule has 1 amide bonds. The van der Waals surface area contributed by atoms with Gasteiger partial charge in [-0.3, -0.25) is 4.79 Å². The minimum Gasteiger partial charge on any atom is -0.394 e. The van der Waals surface area contributed by atoms with Crippen LogP contribution in [0.2, 0.25) is 0 Å². The number of hydrogen-bond acceptors (Lipinski definition) is 4. The fourth-order valence-electron chi connectivity index (χ4n) is 1.40. The largest absolute Gasteiger partial charge is 0.394 e. The molecule has 0 fully saturated rings. The van der Waals surface area contributed by atoms with E-state index in [-0.39, 0.29) is 18.4 Å². The zero-order valence-electron chi connectivity index (χ0n) is 10.3. The van der Waals surface area contributed by atoms with Crippen LogP contribution in [0, 0.1) is 0 Å². The van der Waals surface area contributed by atoms with Crippen LogP contribution < -0.4 is 5.32 Å². The predicted molar refractivity (Wildman–Crippen MR) is 76.0 cm³/mol. The third-order valence-electron chi connectivity index (χ3n) is 2.41. The first-order valence-corrected chi connectivity index (χ1v) is 7.47. The quantitative estimate of drug-likeness (QED) is 0.715. The SMILES string of the molecule is CC(C(=O)NCCCOCCO)c1ccc(Br)s1. The van der Waals surface area contributed by atoms with Crippen molar-refractivity contribution < 1.29 is 14.6 Å². The van der Waals surface area contributed by atoms with E-state index in [9.17, 15) is 4.79 Å². The Morgan fingerprint density at radius 1 is 1.56 bits per heavy atom. The van der Waals surface area contributed by atoms with Crippen molar-refractivity contribution in [1.82, 2.24) is 5.32 Å². The van der Waals surface area contributed by atoms with Crippen molar-refractivity contribution in [1.29, 1.82) is 0 Å². The fourth-order valence-corrected chi connectivity index (χ4v) is 2.87. The summed E-state index contributed by atoms with van der Waals surface area (Å²) in [5.41, 5.74) is 0. The number of amides is 1. The maximum absolute atomic E-state index is 11.8. The van der Waals surface area contributed by atoms with Crippen LogP contribution in [-0.4, -0.2) is 37.4 Å². The zero-order chi connectivity index (χ0) is 13.4. The number of aliphatic hydroxyl groups excluding tert-OH is 1. The summed E-state index contributed by atoms with van der Waals surface area (Å²) in [5.74, 6) is -0.0915. The van der Waals surface area contributed by atoms with Gasteiger partial charge >= 0.3 is 0 Å². The molecule has 0 aliphatic rings. The number of carbonyl (C=O) groups excluding carboxylic acids is 1. The van der Waals surface area contributed by atoms with Gasteiger partial charge in [0.05, 0.1) is 22.9 Å². The average molecular weight is 336 g/mol. The highest BCUT2D eigenvalue weighted by molar-refractivity contribution is 9.11. The summed E-state index contributed by atoms with van der Waals surface area (Å²) in [4.78, 5) is 12.9. The minimum atomic E-state index is -0.125. The number of hydrogen-bond donors (Lipinski definition) is 2. The normalized spacial score (nSPS) is 12.4. The number of aliphatic hydroxyl groups is 1. The predicted octanol–water partition coefficient (Wildman–Crippen LogP) is 2.13. The molecule has 18 heavy (non-hydrogen) atoms. The van der Waals surface area contributed by atoms with Gasteiger partial charge in [0, 0.05) is 18.0 Å². The van der Waals surface area contributed by atoms with E-state index in [0.29, 0.717) is 19.8 Å². The molecule has 0 saturated carbocycles. The van der Waals surface area contributed by atoms with E-state index in [1.807, 2.05) is 19.1 Å². The molecule has 1 aromatic rings. The summed E-state index contributed by atoms with van der Waals surface area (Å²) in [6, 6.07) is 3.91. The van der Waals surface area contributed by atoms with Crippen molar-refractivity contribution in [3.05, 3.63) is 20.8 Å². The summed E-state index contributed by atoms with van der Waals surface area (Å²) in [6.07, 6.45) is 0.757. The Morgan fingerprint density at radius 3 is 2.94 bits per heavy atom. The van der Waals surface area contributed by atoms with E-state index in [1.54, 1.807) is 11.3 Å². The molecular formula is C12H18BrNO3S. The topological polar surface area (TPSA) is 58.6 Å². The van der Waals surface area contributed by atoms with Crippen molar-refractivity contribution in [3.63, 3.8) is 0 Å². The summed E-state index contributed by atoms with van der Waals surface area (Å²) in [5, 5.41) is 11.4. The van der Waals surface area contributed by atoms with E-state index in [2.05, 4.69) is 21.2 Å². The highest BCUT2D eigenvalue weighted by Gasteiger charge is 2.16. The van der Waals surface area contributed by atoms with Crippen LogP contribution in [0.5, 0.6) is 0 Å². The number of rotatable bonds is 8. The maximum atomic E-state index is 11.8. The Balaban J connectivity index is 2.20. The van der Waals surface area contributed by atoms with Gasteiger partial charge in [-0.25, -0.2) is 0 Å². The lowest BCUT2D eigenvalue weighted by molar-refractivity contribution is -0.122. The number of ether oxygens (including phenoxy) is 1. The van der Waals surface area contributed by atoms with Gasteiger partial charge in [-0.2, -0.15) is 0 Å². The molecule has 0 spiro atoms. The second kappa shape index (κ2) is 8.63. The Morgan fingerprint density at radius 2 is 2.33 bits per heavy atom. The second-order valence-electron chi connectivity index (χ2n) is 3.84. The fraction of sp³-hybridized carbons (Fsp3) is 0.583. The van der Waals surface area contributed by atoms with Crippen molar-refractivity contribution in [2.24, 2.45) is 0 Å². The summed E-state index contributed by atoms with van der Waals surface area (Å²) < 4.78 is 6.14. The van der Waals surface area contributed by atoms with Crippen molar-refractivity contribution in [2.75, 3.05) is 26.4 Å². The monoisotopic (exact) mass is 335 g/mol. The highest BCUT2D eigenvalue weighted by Crippen LogP contribution is 2.28. The first-order chi connectivity index (χ1) is 8.65. The van der Waals surface area contributed by atoms with Gasteiger partial charge in [0.15, 0.2) is 0 Å². The molecule has 1 atom stereocenters. The number of thiophene rings is 1. The molecular weight excluding hydrogens is 318 g/mol. The third kappa shape index (κ3) is 5.48. The van der Waals surface area contributed by atoms with Gasteiger partial charge in [0.2, 0.25) is 5.91 Å². The molecule has 1 rings (SSSR count). The van der Waals surface area contributed by atoms with E-state index in [4.69, 9.17) is 9.84 Å². The second-order valence-corrected chi connectivity index (χ2v) is 6.34. The summed E-state index contributed by atoms with van der Waals surface area (Å²) in [7, 11) is 0. The molecule has 0 aromatic carbocycles. The lowest BCUT2D eigenvalue weighted by Crippen LogP contribution is -2.29. The lowest BCUT2D eigenvalue weighted by Gasteiger charge is -2.10. The van der Waals surface area contributed by atoms with Gasteiger partial charge in [0.1, 0.15) is 0 Å². The number of nitrogens with one attached hydrogen (secondary N) is 1. The van der Waals surface area contributed by atoms with Gasteiger partial charge in [0.25, 0.3) is 0 Å². The molecule has 6 heteroatoms. The zero-order valence-corrected chi connectivity index (χ0v) is 12.7. The Hall–Kier alpha value is -0.430. The molecule has 4 nitrogen and oxygen atoms in total. The van der Waals surface area contributed by atoms with Gasteiger partial charge in [-0.05, 0) is 41.4 Å². The van der Waals surface area contributed by atoms with E-state index >= 15 is 0 Å². The lowest BCUT2D eigenvalue weighted by atomic mass is 10.1. The van der Waals surface area contributed by atoms with Gasteiger partial charge < -0.3 is 15.2 Å². The minimum absolute atomic E-state index is 0.0338. The molecule has 0 bridgehead atoms. The van der Waals surface area contributed by atoms with Crippen LogP contribution in [-0.2, 0) is 9.53 Å². The van der Waals surface area contributed by atoms with Crippen LogP contribution in [0.25, 0.3) is 0 Å². The van der Waals surface area contributed by atoms with Crippen molar-refractivity contribution in [2.45, 2.75) is 19.3 Å². The molecule has 2 N–H and O–H groups in total. The molecule has 0 saturated heterocycles. The Kier molecular flexibility index (Phi) is 7.50. The molecule has 102 valence electrons. The number of halogens is 1. The first kappa shape index (κ1) is 15.6. The molecule has 1 aromatic heterocycles. The van der Waals surface area contributed by atoms with Gasteiger partial charge in [-0.1, -0.05) is 0 Å². The Bertz CT molecular complexity index is 370. The molecule has 1 unspecified atom stereocenters. The van der Waals surface area contributed by atoms with E-state index in [1.165, 1.54) is 0 Å². The molecule has 0 radical (unpaired) electrons. The van der Waals surface area contributed by atoms with E-state index < -0.39 is 0 Å². The highest BCUT2D eigenvalue weighted by atomic mass is 79.9. The van der Waals surface area contributed by atoms with Crippen LogP contribution >= 0.6 is 27.3 Å². The smallest absolute Gasteiger partial charge is 0.228 e. The number of carbonyl (C=O) groups is 1. The van der Waals surface area contributed by atoms with Crippen molar-refractivity contribution in [3.8, 4) is 0 Å². The van der Waals surface area contributed by atoms with Crippen LogP contribution in [0.3, 0.4) is 0 Å². The summed E-state index contributed by atoms with van der Waals surface area (Å²) in [6.45, 7) is 3.45. The molecule has 0 aliphatic carbocycles.